The van der Waals surface area contributed by atoms with Crippen molar-refractivity contribution >= 4 is 75.6 Å². The summed E-state index contributed by atoms with van der Waals surface area (Å²) < 4.78 is 3.31. The largest absolute Gasteiger partial charge is 0.309 e. The summed E-state index contributed by atoms with van der Waals surface area (Å²) in [6, 6.07) is 26.2. The zero-order valence-corrected chi connectivity index (χ0v) is 20.8. The molecule has 0 saturated heterocycles. The number of hydrogen-bond acceptors (Lipinski definition) is 1. The van der Waals surface area contributed by atoms with Crippen LogP contribution in [0, 0.1) is 0 Å². The maximum Gasteiger partial charge on any atom is 0.0541 e. The number of rotatable bonds is 1. The second kappa shape index (κ2) is 6.97. The molecular formula is C25H18Br3N. The predicted molar refractivity (Wildman–Crippen MR) is 134 cm³/mol. The summed E-state index contributed by atoms with van der Waals surface area (Å²) in [7, 11) is 0. The van der Waals surface area contributed by atoms with Gasteiger partial charge in [0.1, 0.15) is 0 Å². The molecule has 0 amide bonds. The molecular weight excluding hydrogens is 554 g/mol. The van der Waals surface area contributed by atoms with E-state index in [1.807, 2.05) is 0 Å². The maximum atomic E-state index is 3.72. The molecule has 1 aliphatic rings. The average molecular weight is 572 g/mol. The second-order valence-corrected chi connectivity index (χ2v) is 10.6. The third-order valence-electron chi connectivity index (χ3n) is 5.83. The zero-order valence-electron chi connectivity index (χ0n) is 16.0. The Morgan fingerprint density at radius 2 is 1.14 bits per heavy atom. The van der Waals surface area contributed by atoms with Crippen LogP contribution in [0.1, 0.15) is 25.0 Å². The molecule has 0 bridgehead atoms. The smallest absolute Gasteiger partial charge is 0.0541 e. The minimum atomic E-state index is -0.111. The molecule has 4 aromatic rings. The normalized spacial score (nSPS) is 14.6. The topological polar surface area (TPSA) is 3.24 Å². The van der Waals surface area contributed by atoms with Gasteiger partial charge >= 0.3 is 0 Å². The molecule has 0 unspecified atom stereocenters. The molecule has 0 atom stereocenters. The van der Waals surface area contributed by atoms with E-state index >= 15 is 0 Å². The first-order valence-corrected chi connectivity index (χ1v) is 11.8. The number of fused-ring (bicyclic) bond motifs is 3. The number of nitrogens with zero attached hydrogens (tertiary/aromatic N) is 1. The van der Waals surface area contributed by atoms with E-state index in [0.29, 0.717) is 0 Å². The number of anilines is 3. The van der Waals surface area contributed by atoms with E-state index < -0.39 is 0 Å². The van der Waals surface area contributed by atoms with Crippen LogP contribution in [0.25, 0.3) is 10.8 Å². The van der Waals surface area contributed by atoms with Gasteiger partial charge in [-0.2, -0.15) is 0 Å². The first-order valence-electron chi connectivity index (χ1n) is 9.45. The molecule has 144 valence electrons. The van der Waals surface area contributed by atoms with Crippen molar-refractivity contribution in [2.24, 2.45) is 0 Å². The van der Waals surface area contributed by atoms with E-state index in [9.17, 15) is 0 Å². The summed E-state index contributed by atoms with van der Waals surface area (Å²) in [5, 5.41) is 2.44. The molecule has 1 heterocycles. The highest BCUT2D eigenvalue weighted by Gasteiger charge is 2.37. The van der Waals surface area contributed by atoms with Crippen molar-refractivity contribution in [3.63, 3.8) is 0 Å². The Hall–Kier alpha value is -1.62. The third kappa shape index (κ3) is 2.99. The first-order chi connectivity index (χ1) is 13.9. The van der Waals surface area contributed by atoms with Crippen LogP contribution < -0.4 is 4.90 Å². The summed E-state index contributed by atoms with van der Waals surface area (Å²) in [4.78, 5) is 2.41. The lowest BCUT2D eigenvalue weighted by atomic mass is 9.73. The molecule has 1 aliphatic heterocycles. The Bertz CT molecular complexity index is 1220. The first kappa shape index (κ1) is 19.3. The van der Waals surface area contributed by atoms with Crippen LogP contribution in [0.2, 0.25) is 0 Å². The lowest BCUT2D eigenvalue weighted by Gasteiger charge is -2.42. The predicted octanol–water partition coefficient (Wildman–Crippen LogP) is 9.24. The van der Waals surface area contributed by atoms with Crippen LogP contribution in [-0.2, 0) is 5.41 Å². The molecule has 0 spiro atoms. The summed E-state index contributed by atoms with van der Waals surface area (Å²) in [6.45, 7) is 4.61. The molecule has 0 saturated carbocycles. The number of halogens is 3. The molecule has 0 radical (unpaired) electrons. The van der Waals surface area contributed by atoms with E-state index in [4.69, 9.17) is 0 Å². The lowest BCUT2D eigenvalue weighted by molar-refractivity contribution is 0.631. The lowest BCUT2D eigenvalue weighted by Crippen LogP contribution is -2.30. The van der Waals surface area contributed by atoms with E-state index in [2.05, 4.69) is 139 Å². The Balaban J connectivity index is 1.90. The Labute approximate surface area is 196 Å². The summed E-state index contributed by atoms with van der Waals surface area (Å²) in [5.41, 5.74) is 6.14. The summed E-state index contributed by atoms with van der Waals surface area (Å²) in [5.74, 6) is 0. The van der Waals surface area contributed by atoms with Gasteiger partial charge in [0.25, 0.3) is 0 Å². The summed E-state index contributed by atoms with van der Waals surface area (Å²) in [6.07, 6.45) is 0. The van der Waals surface area contributed by atoms with E-state index in [-0.39, 0.29) is 5.41 Å². The van der Waals surface area contributed by atoms with E-state index in [1.165, 1.54) is 39.0 Å². The minimum Gasteiger partial charge on any atom is -0.309 e. The second-order valence-electron chi connectivity index (χ2n) is 7.90. The Morgan fingerprint density at radius 1 is 0.621 bits per heavy atom. The Kier molecular flexibility index (Phi) is 4.65. The van der Waals surface area contributed by atoms with Crippen LogP contribution in [0.15, 0.2) is 86.2 Å². The SMILES string of the molecule is CC1(C)c2cc(Br)ccc2N(c2ccc(Br)c3ccccc23)c2ccc(Br)cc21. The van der Waals surface area contributed by atoms with Gasteiger partial charge in [-0.15, -0.1) is 0 Å². The number of hydrogen-bond donors (Lipinski definition) is 0. The van der Waals surface area contributed by atoms with Gasteiger partial charge in [-0.25, -0.2) is 0 Å². The Morgan fingerprint density at radius 3 is 1.72 bits per heavy atom. The van der Waals surface area contributed by atoms with E-state index in [0.717, 1.165) is 13.4 Å². The van der Waals surface area contributed by atoms with Gasteiger partial charge in [0.05, 0.1) is 17.1 Å². The molecule has 0 fully saturated rings. The van der Waals surface area contributed by atoms with Crippen molar-refractivity contribution in [1.29, 1.82) is 0 Å². The van der Waals surface area contributed by atoms with Crippen LogP contribution in [-0.4, -0.2) is 0 Å². The van der Waals surface area contributed by atoms with Crippen molar-refractivity contribution in [2.45, 2.75) is 19.3 Å². The third-order valence-corrected chi connectivity index (χ3v) is 7.51. The molecule has 1 nitrogen and oxygen atoms in total. The van der Waals surface area contributed by atoms with Gasteiger partial charge in [-0.05, 0) is 65.0 Å². The molecule has 29 heavy (non-hydrogen) atoms. The number of benzene rings is 4. The van der Waals surface area contributed by atoms with Crippen LogP contribution in [0.5, 0.6) is 0 Å². The highest BCUT2D eigenvalue weighted by atomic mass is 79.9. The molecule has 0 N–H and O–H groups in total. The van der Waals surface area contributed by atoms with Gasteiger partial charge < -0.3 is 4.90 Å². The minimum absolute atomic E-state index is 0.111. The molecule has 4 aromatic carbocycles. The van der Waals surface area contributed by atoms with Crippen LogP contribution in [0.4, 0.5) is 17.1 Å². The van der Waals surface area contributed by atoms with E-state index in [1.54, 1.807) is 0 Å². The fraction of sp³-hybridized carbons (Fsp3) is 0.120. The van der Waals surface area contributed by atoms with Gasteiger partial charge in [0.15, 0.2) is 0 Å². The van der Waals surface area contributed by atoms with Gasteiger partial charge in [0, 0.05) is 24.2 Å². The zero-order chi connectivity index (χ0) is 20.3. The van der Waals surface area contributed by atoms with Crippen molar-refractivity contribution in [3.05, 3.63) is 97.3 Å². The van der Waals surface area contributed by atoms with Crippen LogP contribution >= 0.6 is 47.8 Å². The van der Waals surface area contributed by atoms with Gasteiger partial charge in [-0.1, -0.05) is 85.9 Å². The highest BCUT2D eigenvalue weighted by molar-refractivity contribution is 9.11. The fourth-order valence-electron chi connectivity index (χ4n) is 4.38. The molecule has 0 aromatic heterocycles. The maximum absolute atomic E-state index is 3.72. The quantitative estimate of drug-likeness (QED) is 0.220. The van der Waals surface area contributed by atoms with Gasteiger partial charge in [0.2, 0.25) is 0 Å². The van der Waals surface area contributed by atoms with Crippen molar-refractivity contribution < 1.29 is 0 Å². The van der Waals surface area contributed by atoms with Crippen molar-refractivity contribution in [3.8, 4) is 0 Å². The average Bonchev–Trinajstić information content (AvgIpc) is 2.71. The van der Waals surface area contributed by atoms with Crippen LogP contribution in [0.3, 0.4) is 0 Å². The fourth-order valence-corrected chi connectivity index (χ4v) is 5.58. The standard InChI is InChI=1S/C25H18Br3N/c1-25(2)19-13-15(26)7-10-23(19)29(24-11-8-16(27)14-20(24)25)22-12-9-21(28)17-5-3-4-6-18(17)22/h3-14H,1-2H3. The van der Waals surface area contributed by atoms with Crippen molar-refractivity contribution in [2.75, 3.05) is 4.90 Å². The molecule has 5 rings (SSSR count). The monoisotopic (exact) mass is 569 g/mol. The van der Waals surface area contributed by atoms with Crippen molar-refractivity contribution in [1.82, 2.24) is 0 Å². The van der Waals surface area contributed by atoms with Gasteiger partial charge in [-0.3, -0.25) is 0 Å². The molecule has 0 aliphatic carbocycles. The summed E-state index contributed by atoms with van der Waals surface area (Å²) >= 11 is 11.1. The molecule has 4 heteroatoms. The highest BCUT2D eigenvalue weighted by Crippen LogP contribution is 2.54.